The Hall–Kier alpha value is -1.30. The van der Waals surface area contributed by atoms with Crippen molar-refractivity contribution < 1.29 is 19.4 Å². The maximum absolute atomic E-state index is 10.6. The van der Waals surface area contributed by atoms with E-state index in [1.165, 1.54) is 33.0 Å². The second kappa shape index (κ2) is 8.81. The van der Waals surface area contributed by atoms with E-state index in [4.69, 9.17) is 5.11 Å². The minimum absolute atomic E-state index is 0.165. The van der Waals surface area contributed by atoms with Gasteiger partial charge in [-0.05, 0) is 31.8 Å². The third-order valence-corrected chi connectivity index (χ3v) is 2.35. The van der Waals surface area contributed by atoms with E-state index in [9.17, 15) is 9.59 Å². The number of carboxylic acids is 1. The van der Waals surface area contributed by atoms with Gasteiger partial charge in [0.2, 0.25) is 0 Å². The van der Waals surface area contributed by atoms with Crippen LogP contribution in [0, 0.1) is 5.92 Å². The van der Waals surface area contributed by atoms with Crippen molar-refractivity contribution in [2.75, 3.05) is 20.2 Å². The summed E-state index contributed by atoms with van der Waals surface area (Å²) in [5, 5.41) is 14.0. The zero-order valence-electron chi connectivity index (χ0n) is 10.7. The number of hydrogen-bond acceptors (Lipinski definition) is 4. The fraction of sp³-hybridized carbons (Fsp3) is 0.818. The average molecular weight is 246 g/mol. The number of carbonyl (C=O) groups excluding carboxylic acids is 1. The van der Waals surface area contributed by atoms with Gasteiger partial charge in [-0.25, -0.2) is 9.59 Å². The van der Waals surface area contributed by atoms with Gasteiger partial charge in [-0.15, -0.1) is 0 Å². The lowest BCUT2D eigenvalue weighted by Crippen LogP contribution is -2.44. The zero-order chi connectivity index (χ0) is 13.3. The quantitative estimate of drug-likeness (QED) is 0.686. The van der Waals surface area contributed by atoms with Crippen LogP contribution in [0.3, 0.4) is 0 Å². The summed E-state index contributed by atoms with van der Waals surface area (Å²) >= 11 is 0. The summed E-state index contributed by atoms with van der Waals surface area (Å²) in [7, 11) is 1.19. The first kappa shape index (κ1) is 15.7. The lowest BCUT2D eigenvalue weighted by Gasteiger charge is -2.16. The Morgan fingerprint density at radius 2 is 1.82 bits per heavy atom. The summed E-state index contributed by atoms with van der Waals surface area (Å²) in [6, 6.07) is -0.891. The van der Waals surface area contributed by atoms with Gasteiger partial charge >= 0.3 is 12.1 Å². The first-order valence-electron chi connectivity index (χ1n) is 5.77. The largest absolute Gasteiger partial charge is 0.480 e. The first-order valence-corrected chi connectivity index (χ1v) is 5.77. The maximum Gasteiger partial charge on any atom is 0.407 e. The number of nitrogens with one attached hydrogen (secondary N) is 2. The number of ether oxygens (including phenoxy) is 1. The number of carbonyl (C=O) groups is 2. The van der Waals surface area contributed by atoms with Crippen LogP contribution in [0.2, 0.25) is 0 Å². The van der Waals surface area contributed by atoms with E-state index in [1.807, 2.05) is 0 Å². The van der Waals surface area contributed by atoms with Gasteiger partial charge < -0.3 is 20.5 Å². The van der Waals surface area contributed by atoms with Crippen molar-refractivity contribution in [2.45, 2.75) is 32.7 Å². The number of aliphatic carboxylic acids is 1. The highest BCUT2D eigenvalue weighted by Gasteiger charge is 2.23. The van der Waals surface area contributed by atoms with Crippen LogP contribution in [-0.2, 0) is 9.53 Å². The van der Waals surface area contributed by atoms with Gasteiger partial charge in [-0.2, -0.15) is 0 Å². The van der Waals surface area contributed by atoms with Gasteiger partial charge in [-0.1, -0.05) is 13.8 Å². The van der Waals surface area contributed by atoms with Crippen molar-refractivity contribution in [1.82, 2.24) is 10.6 Å². The van der Waals surface area contributed by atoms with Crippen molar-refractivity contribution in [3.8, 4) is 0 Å². The smallest absolute Gasteiger partial charge is 0.407 e. The number of amides is 1. The monoisotopic (exact) mass is 246 g/mol. The van der Waals surface area contributed by atoms with Crippen LogP contribution >= 0.6 is 0 Å². The van der Waals surface area contributed by atoms with E-state index in [0.717, 1.165) is 0 Å². The molecule has 1 atom stereocenters. The number of methoxy groups -OCH3 is 1. The molecule has 1 saturated heterocycles. The van der Waals surface area contributed by atoms with E-state index >= 15 is 0 Å². The van der Waals surface area contributed by atoms with Crippen molar-refractivity contribution in [3.63, 3.8) is 0 Å². The zero-order valence-corrected chi connectivity index (χ0v) is 10.7. The molecule has 6 heteroatoms. The molecule has 6 nitrogen and oxygen atoms in total. The Labute approximate surface area is 102 Å². The summed E-state index contributed by atoms with van der Waals surface area (Å²) in [6.07, 6.45) is 2.05. The minimum atomic E-state index is -1.06. The van der Waals surface area contributed by atoms with Gasteiger partial charge in [-0.3, -0.25) is 0 Å². The number of rotatable bonds is 3. The molecule has 0 spiro atoms. The molecule has 0 radical (unpaired) electrons. The van der Waals surface area contributed by atoms with Crippen LogP contribution in [-0.4, -0.2) is 43.4 Å². The predicted octanol–water partition coefficient (Wildman–Crippen LogP) is 0.821. The normalized spacial score (nSPS) is 15.8. The van der Waals surface area contributed by atoms with E-state index in [-0.39, 0.29) is 5.92 Å². The second-order valence-electron chi connectivity index (χ2n) is 4.15. The van der Waals surface area contributed by atoms with Crippen LogP contribution in [0.4, 0.5) is 4.79 Å². The Kier molecular flexibility index (Phi) is 8.13. The Bertz CT molecular complexity index is 232. The molecule has 0 aromatic heterocycles. The van der Waals surface area contributed by atoms with Gasteiger partial charge in [0.25, 0.3) is 0 Å². The third-order valence-electron chi connectivity index (χ3n) is 2.35. The van der Waals surface area contributed by atoms with Gasteiger partial charge in [0.1, 0.15) is 6.04 Å². The molecule has 1 aliphatic rings. The van der Waals surface area contributed by atoms with Crippen molar-refractivity contribution in [2.24, 2.45) is 5.92 Å². The highest BCUT2D eigenvalue weighted by Crippen LogP contribution is 2.01. The van der Waals surface area contributed by atoms with Crippen molar-refractivity contribution in [3.05, 3.63) is 0 Å². The molecule has 0 saturated carbocycles. The first-order chi connectivity index (χ1) is 7.99. The molecule has 1 rings (SSSR count). The standard InChI is InChI=1S/C7H13NO4.C4H9N/c1-4(2)5(6(9)10)8-7(11)12-3;1-2-4-5-3-1/h4-5H,1-3H3,(H,8,11)(H,9,10);5H,1-4H2. The molecule has 0 aromatic carbocycles. The Morgan fingerprint density at radius 1 is 1.29 bits per heavy atom. The fourth-order valence-electron chi connectivity index (χ4n) is 1.32. The molecule has 1 heterocycles. The SMILES string of the molecule is C1CCNC1.COC(=O)NC(C(=O)O)C(C)C. The van der Waals surface area contributed by atoms with Crippen LogP contribution in [0.25, 0.3) is 0 Å². The van der Waals surface area contributed by atoms with Crippen LogP contribution < -0.4 is 10.6 Å². The van der Waals surface area contributed by atoms with E-state index in [2.05, 4.69) is 15.4 Å². The van der Waals surface area contributed by atoms with E-state index in [0.29, 0.717) is 0 Å². The molecule has 1 amide bonds. The van der Waals surface area contributed by atoms with Gasteiger partial charge in [0.15, 0.2) is 0 Å². The van der Waals surface area contributed by atoms with Crippen molar-refractivity contribution in [1.29, 1.82) is 0 Å². The van der Waals surface area contributed by atoms with E-state index < -0.39 is 18.1 Å². The third kappa shape index (κ3) is 7.57. The summed E-state index contributed by atoms with van der Waals surface area (Å²) < 4.78 is 4.27. The summed E-state index contributed by atoms with van der Waals surface area (Å²) in [5.74, 6) is -1.22. The molecule has 1 unspecified atom stereocenters. The summed E-state index contributed by atoms with van der Waals surface area (Å²) in [4.78, 5) is 21.2. The Morgan fingerprint density at radius 3 is 2.06 bits per heavy atom. The van der Waals surface area contributed by atoms with Gasteiger partial charge in [0, 0.05) is 0 Å². The minimum Gasteiger partial charge on any atom is -0.480 e. The molecule has 0 bridgehead atoms. The molecule has 0 aromatic rings. The molecule has 1 aliphatic heterocycles. The number of carboxylic acid groups (broad SMARTS) is 1. The Balaban J connectivity index is 0.000000419. The molecular weight excluding hydrogens is 224 g/mol. The van der Waals surface area contributed by atoms with Gasteiger partial charge in [0.05, 0.1) is 7.11 Å². The van der Waals surface area contributed by atoms with Crippen LogP contribution in [0.1, 0.15) is 26.7 Å². The number of alkyl carbamates (subject to hydrolysis) is 1. The predicted molar refractivity (Wildman–Crippen MR) is 63.9 cm³/mol. The lowest BCUT2D eigenvalue weighted by molar-refractivity contribution is -0.140. The van der Waals surface area contributed by atoms with Crippen molar-refractivity contribution >= 4 is 12.1 Å². The molecular formula is C11H22N2O4. The second-order valence-corrected chi connectivity index (χ2v) is 4.15. The number of hydrogen-bond donors (Lipinski definition) is 3. The average Bonchev–Trinajstić information content (AvgIpc) is 2.82. The molecule has 100 valence electrons. The molecule has 17 heavy (non-hydrogen) atoms. The molecule has 0 aliphatic carbocycles. The van der Waals surface area contributed by atoms with E-state index in [1.54, 1.807) is 13.8 Å². The highest BCUT2D eigenvalue weighted by molar-refractivity contribution is 5.80. The molecule has 1 fully saturated rings. The lowest BCUT2D eigenvalue weighted by atomic mass is 10.1. The maximum atomic E-state index is 10.6. The molecule has 3 N–H and O–H groups in total. The summed E-state index contributed by atoms with van der Waals surface area (Å²) in [5.41, 5.74) is 0. The van der Waals surface area contributed by atoms with Crippen LogP contribution in [0.5, 0.6) is 0 Å². The summed E-state index contributed by atoms with van der Waals surface area (Å²) in [6.45, 7) is 5.91. The van der Waals surface area contributed by atoms with Crippen LogP contribution in [0.15, 0.2) is 0 Å². The highest BCUT2D eigenvalue weighted by atomic mass is 16.5. The topological polar surface area (TPSA) is 87.7 Å². The fourth-order valence-corrected chi connectivity index (χ4v) is 1.32.